The van der Waals surface area contributed by atoms with E-state index in [2.05, 4.69) is 10.6 Å². The van der Waals surface area contributed by atoms with Gasteiger partial charge in [0.05, 0.1) is 18.4 Å². The van der Waals surface area contributed by atoms with Crippen LogP contribution in [0.4, 0.5) is 5.69 Å². The van der Waals surface area contributed by atoms with Crippen molar-refractivity contribution in [3.8, 4) is 0 Å². The van der Waals surface area contributed by atoms with Crippen molar-refractivity contribution in [3.63, 3.8) is 0 Å². The number of nitrogens with one attached hydrogen (secondary N) is 2. The minimum Gasteiger partial charge on any atom is -0.345 e. The van der Waals surface area contributed by atoms with Crippen molar-refractivity contribution in [2.24, 2.45) is 11.8 Å². The number of likely N-dealkylation sites (tertiary alicyclic amines) is 1. The largest absolute Gasteiger partial charge is 0.345 e. The SMILES string of the molecule is Cc1cccc(C)c1NC(=O)CNC(=O)C(C)N1C(=O)C2CC=CCC2C1=O. The molecule has 2 N–H and O–H groups in total. The molecule has 4 amide bonds. The predicted molar refractivity (Wildman–Crippen MR) is 104 cm³/mol. The highest BCUT2D eigenvalue weighted by Crippen LogP contribution is 2.36. The molecular formula is C21H25N3O4. The molecule has 2 aliphatic rings. The van der Waals surface area contributed by atoms with Gasteiger partial charge in [-0.05, 0) is 44.7 Å². The van der Waals surface area contributed by atoms with Crippen LogP contribution in [0.5, 0.6) is 0 Å². The summed E-state index contributed by atoms with van der Waals surface area (Å²) in [6.45, 7) is 5.06. The van der Waals surface area contributed by atoms with Gasteiger partial charge in [-0.1, -0.05) is 30.4 Å². The van der Waals surface area contributed by atoms with Gasteiger partial charge in [0.1, 0.15) is 6.04 Å². The molecule has 1 saturated heterocycles. The summed E-state index contributed by atoms with van der Waals surface area (Å²) in [5.74, 6) is -2.25. The standard InChI is InChI=1S/C21H25N3O4/c1-12-7-6-8-13(2)18(12)23-17(25)11-22-19(26)14(3)24-20(27)15-9-4-5-10-16(15)21(24)28/h4-8,14-16H,9-11H2,1-3H3,(H,22,26)(H,23,25). The van der Waals surface area contributed by atoms with E-state index in [0.717, 1.165) is 21.7 Å². The van der Waals surface area contributed by atoms with Crippen LogP contribution in [-0.2, 0) is 19.2 Å². The van der Waals surface area contributed by atoms with E-state index in [-0.39, 0.29) is 36.1 Å². The third-order valence-corrected chi connectivity index (χ3v) is 5.48. The molecule has 0 spiro atoms. The van der Waals surface area contributed by atoms with Crippen LogP contribution in [-0.4, -0.2) is 41.1 Å². The zero-order chi connectivity index (χ0) is 20.4. The highest BCUT2D eigenvalue weighted by Gasteiger charge is 2.50. The van der Waals surface area contributed by atoms with Gasteiger partial charge in [0, 0.05) is 5.69 Å². The van der Waals surface area contributed by atoms with Crippen molar-refractivity contribution in [1.82, 2.24) is 10.2 Å². The fourth-order valence-corrected chi connectivity index (χ4v) is 3.84. The number of hydrogen-bond donors (Lipinski definition) is 2. The summed E-state index contributed by atoms with van der Waals surface area (Å²) in [6.07, 6.45) is 4.85. The third kappa shape index (κ3) is 3.69. The maximum absolute atomic E-state index is 12.6. The first-order valence-corrected chi connectivity index (χ1v) is 9.47. The van der Waals surface area contributed by atoms with Crippen molar-refractivity contribution < 1.29 is 19.2 Å². The van der Waals surface area contributed by atoms with Crippen molar-refractivity contribution in [2.75, 3.05) is 11.9 Å². The lowest BCUT2D eigenvalue weighted by Gasteiger charge is -2.22. The second-order valence-corrected chi connectivity index (χ2v) is 7.41. The average molecular weight is 383 g/mol. The quantitative estimate of drug-likeness (QED) is 0.598. The Labute approximate surface area is 164 Å². The first-order valence-electron chi connectivity index (χ1n) is 9.47. The Morgan fingerprint density at radius 3 is 2.14 bits per heavy atom. The predicted octanol–water partition coefficient (Wildman–Crippen LogP) is 1.70. The molecule has 7 heteroatoms. The zero-order valence-electron chi connectivity index (χ0n) is 16.3. The van der Waals surface area contributed by atoms with E-state index < -0.39 is 11.9 Å². The second-order valence-electron chi connectivity index (χ2n) is 7.41. The maximum atomic E-state index is 12.6. The van der Waals surface area contributed by atoms with Gasteiger partial charge in [0.25, 0.3) is 0 Å². The molecule has 1 aromatic rings. The molecule has 1 aliphatic heterocycles. The number of imide groups is 1. The summed E-state index contributed by atoms with van der Waals surface area (Å²) in [7, 11) is 0. The van der Waals surface area contributed by atoms with Gasteiger partial charge in [0.2, 0.25) is 23.6 Å². The molecule has 0 radical (unpaired) electrons. The van der Waals surface area contributed by atoms with Gasteiger partial charge >= 0.3 is 0 Å². The van der Waals surface area contributed by atoms with Crippen LogP contribution in [0.2, 0.25) is 0 Å². The highest BCUT2D eigenvalue weighted by molar-refractivity contribution is 6.08. The Balaban J connectivity index is 1.58. The van der Waals surface area contributed by atoms with Crippen LogP contribution in [0.15, 0.2) is 30.4 Å². The van der Waals surface area contributed by atoms with E-state index in [4.69, 9.17) is 0 Å². The molecule has 3 rings (SSSR count). The number of amides is 4. The summed E-state index contributed by atoms with van der Waals surface area (Å²) in [4.78, 5) is 50.9. The number of allylic oxidation sites excluding steroid dienone is 2. The summed E-state index contributed by atoms with van der Waals surface area (Å²) in [5.41, 5.74) is 2.58. The number of carbonyl (C=O) groups excluding carboxylic acids is 4. The Kier molecular flexibility index (Phi) is 5.63. The van der Waals surface area contributed by atoms with Gasteiger partial charge < -0.3 is 10.6 Å². The molecule has 1 aliphatic carbocycles. The molecule has 0 bridgehead atoms. The van der Waals surface area contributed by atoms with Crippen LogP contribution in [0, 0.1) is 25.7 Å². The number of nitrogens with zero attached hydrogens (tertiary/aromatic N) is 1. The summed E-state index contributed by atoms with van der Waals surface area (Å²) in [6, 6.07) is 4.74. The molecule has 1 fully saturated rings. The number of benzene rings is 1. The minimum absolute atomic E-state index is 0.235. The number of rotatable bonds is 5. The number of para-hydroxylation sites is 1. The summed E-state index contributed by atoms with van der Waals surface area (Å²) in [5, 5.41) is 5.32. The Morgan fingerprint density at radius 1 is 1.07 bits per heavy atom. The number of fused-ring (bicyclic) bond motifs is 1. The summed E-state index contributed by atoms with van der Waals surface area (Å²) < 4.78 is 0. The van der Waals surface area contributed by atoms with Gasteiger partial charge in [0.15, 0.2) is 0 Å². The monoisotopic (exact) mass is 383 g/mol. The maximum Gasteiger partial charge on any atom is 0.243 e. The van der Waals surface area contributed by atoms with E-state index in [1.807, 2.05) is 44.2 Å². The molecule has 3 atom stereocenters. The Hall–Kier alpha value is -2.96. The number of anilines is 1. The lowest BCUT2D eigenvalue weighted by atomic mass is 9.85. The van der Waals surface area contributed by atoms with E-state index >= 15 is 0 Å². The molecule has 28 heavy (non-hydrogen) atoms. The lowest BCUT2D eigenvalue weighted by Crippen LogP contribution is -2.49. The molecule has 148 valence electrons. The summed E-state index contributed by atoms with van der Waals surface area (Å²) >= 11 is 0. The smallest absolute Gasteiger partial charge is 0.243 e. The van der Waals surface area contributed by atoms with Crippen LogP contribution in [0.3, 0.4) is 0 Å². The topological polar surface area (TPSA) is 95.6 Å². The van der Waals surface area contributed by atoms with Crippen molar-refractivity contribution in [3.05, 3.63) is 41.5 Å². The third-order valence-electron chi connectivity index (χ3n) is 5.48. The van der Waals surface area contributed by atoms with E-state index in [9.17, 15) is 19.2 Å². The Bertz CT molecular complexity index is 815. The van der Waals surface area contributed by atoms with Gasteiger partial charge in [-0.2, -0.15) is 0 Å². The molecular weight excluding hydrogens is 358 g/mol. The first kappa shape index (κ1) is 19.8. The molecule has 1 heterocycles. The van der Waals surface area contributed by atoms with Crippen molar-refractivity contribution in [1.29, 1.82) is 0 Å². The average Bonchev–Trinajstić information content (AvgIpc) is 2.93. The van der Waals surface area contributed by atoms with Crippen molar-refractivity contribution in [2.45, 2.75) is 39.7 Å². The fourth-order valence-electron chi connectivity index (χ4n) is 3.84. The Morgan fingerprint density at radius 2 is 1.61 bits per heavy atom. The minimum atomic E-state index is -0.946. The van der Waals surface area contributed by atoms with E-state index in [1.54, 1.807) is 0 Å². The van der Waals surface area contributed by atoms with E-state index in [0.29, 0.717) is 12.8 Å². The second kappa shape index (κ2) is 7.96. The molecule has 3 unspecified atom stereocenters. The molecule has 0 saturated carbocycles. The first-order chi connectivity index (χ1) is 13.3. The van der Waals surface area contributed by atoms with E-state index in [1.165, 1.54) is 6.92 Å². The van der Waals surface area contributed by atoms with Crippen molar-refractivity contribution >= 4 is 29.3 Å². The molecule has 1 aromatic carbocycles. The van der Waals surface area contributed by atoms with Gasteiger partial charge in [-0.3, -0.25) is 24.1 Å². The fraction of sp³-hybridized carbons (Fsp3) is 0.429. The van der Waals surface area contributed by atoms with Gasteiger partial charge in [-0.15, -0.1) is 0 Å². The number of carbonyl (C=O) groups is 4. The normalized spacial score (nSPS) is 22.0. The van der Waals surface area contributed by atoms with Crippen LogP contribution in [0.1, 0.15) is 30.9 Å². The molecule has 7 nitrogen and oxygen atoms in total. The van der Waals surface area contributed by atoms with Crippen LogP contribution < -0.4 is 10.6 Å². The van der Waals surface area contributed by atoms with Crippen LogP contribution >= 0.6 is 0 Å². The van der Waals surface area contributed by atoms with Crippen LogP contribution in [0.25, 0.3) is 0 Å². The number of aryl methyl sites for hydroxylation is 2. The molecule has 0 aromatic heterocycles. The zero-order valence-corrected chi connectivity index (χ0v) is 16.3. The highest BCUT2D eigenvalue weighted by atomic mass is 16.2. The lowest BCUT2D eigenvalue weighted by molar-refractivity contribution is -0.147. The van der Waals surface area contributed by atoms with Gasteiger partial charge in [-0.25, -0.2) is 0 Å². The number of hydrogen-bond acceptors (Lipinski definition) is 4.